The summed E-state index contributed by atoms with van der Waals surface area (Å²) in [4.78, 5) is 0. The molecular formula is C9H14O4. The highest BCUT2D eigenvalue weighted by molar-refractivity contribution is 5.20. The summed E-state index contributed by atoms with van der Waals surface area (Å²) < 4.78 is 10.8. The lowest BCUT2D eigenvalue weighted by atomic mass is 9.85. The first kappa shape index (κ1) is 9.15. The van der Waals surface area contributed by atoms with Crippen LogP contribution in [0, 0.1) is 0 Å². The molecule has 1 aliphatic carbocycles. The summed E-state index contributed by atoms with van der Waals surface area (Å²) >= 11 is 0. The molecule has 1 aliphatic heterocycles. The summed E-state index contributed by atoms with van der Waals surface area (Å²) in [6, 6.07) is 0. The van der Waals surface area contributed by atoms with Gasteiger partial charge in [0.15, 0.2) is 5.79 Å². The highest BCUT2D eigenvalue weighted by Gasteiger charge is 2.47. The summed E-state index contributed by atoms with van der Waals surface area (Å²) in [7, 11) is 0. The van der Waals surface area contributed by atoms with E-state index in [0.29, 0.717) is 31.6 Å². The number of hydrogen-bond donors (Lipinski definition) is 2. The van der Waals surface area contributed by atoms with E-state index in [4.69, 9.17) is 9.47 Å². The first-order chi connectivity index (χ1) is 6.16. The summed E-state index contributed by atoms with van der Waals surface area (Å²) in [5.74, 6) is -0.821. The highest BCUT2D eigenvalue weighted by atomic mass is 16.7. The molecule has 0 aromatic rings. The Labute approximate surface area is 76.8 Å². The van der Waals surface area contributed by atoms with Gasteiger partial charge in [-0.1, -0.05) is 6.58 Å². The molecule has 2 aliphatic rings. The molecule has 0 radical (unpaired) electrons. The van der Waals surface area contributed by atoms with Gasteiger partial charge < -0.3 is 19.7 Å². The Bertz CT molecular complexity index is 220. The molecule has 2 atom stereocenters. The molecule has 74 valence electrons. The monoisotopic (exact) mass is 186 g/mol. The molecule has 0 aromatic carbocycles. The fraction of sp³-hybridized carbons (Fsp3) is 0.778. The average molecular weight is 186 g/mol. The quantitative estimate of drug-likeness (QED) is 0.514. The first-order valence-corrected chi connectivity index (χ1v) is 4.49. The Morgan fingerprint density at radius 1 is 1.31 bits per heavy atom. The third-order valence-corrected chi connectivity index (χ3v) is 2.73. The van der Waals surface area contributed by atoms with Crippen LogP contribution in [0.1, 0.15) is 12.8 Å². The first-order valence-electron chi connectivity index (χ1n) is 4.49. The van der Waals surface area contributed by atoms with Crippen LogP contribution < -0.4 is 0 Å². The number of hydrogen-bond acceptors (Lipinski definition) is 4. The zero-order valence-corrected chi connectivity index (χ0v) is 7.40. The predicted octanol–water partition coefficient (Wildman–Crippen LogP) is -0.199. The van der Waals surface area contributed by atoms with E-state index in [1.54, 1.807) is 0 Å². The van der Waals surface area contributed by atoms with Gasteiger partial charge in [0.2, 0.25) is 0 Å². The van der Waals surface area contributed by atoms with Crippen LogP contribution in [0.15, 0.2) is 12.2 Å². The molecule has 2 N–H and O–H groups in total. The van der Waals surface area contributed by atoms with Crippen molar-refractivity contribution in [1.29, 1.82) is 0 Å². The van der Waals surface area contributed by atoms with E-state index in [2.05, 4.69) is 6.58 Å². The largest absolute Gasteiger partial charge is 0.390 e. The van der Waals surface area contributed by atoms with Gasteiger partial charge in [-0.2, -0.15) is 0 Å². The van der Waals surface area contributed by atoms with Crippen molar-refractivity contribution in [2.75, 3.05) is 13.2 Å². The Kier molecular flexibility index (Phi) is 2.15. The molecule has 2 fully saturated rings. The molecule has 4 nitrogen and oxygen atoms in total. The van der Waals surface area contributed by atoms with Gasteiger partial charge in [0.1, 0.15) is 6.10 Å². The highest BCUT2D eigenvalue weighted by Crippen LogP contribution is 2.39. The van der Waals surface area contributed by atoms with Gasteiger partial charge in [-0.15, -0.1) is 0 Å². The molecule has 1 spiro atoms. The van der Waals surface area contributed by atoms with Crippen LogP contribution in [0.3, 0.4) is 0 Å². The lowest BCUT2D eigenvalue weighted by Crippen LogP contribution is -2.47. The molecular weight excluding hydrogens is 172 g/mol. The standard InChI is InChI=1S/C9H14O4/c1-6-8(11)7(10)2-3-9(6)12-4-5-13-9/h7-8,10-11H,1-5H2. The fourth-order valence-electron chi connectivity index (χ4n) is 1.90. The van der Waals surface area contributed by atoms with E-state index in [9.17, 15) is 10.2 Å². The second kappa shape index (κ2) is 3.06. The average Bonchev–Trinajstić information content (AvgIpc) is 2.59. The van der Waals surface area contributed by atoms with Gasteiger partial charge in [-0.25, -0.2) is 0 Å². The summed E-state index contributed by atoms with van der Waals surface area (Å²) in [5, 5.41) is 18.9. The van der Waals surface area contributed by atoms with Crippen LogP contribution >= 0.6 is 0 Å². The lowest BCUT2D eigenvalue weighted by Gasteiger charge is -2.38. The van der Waals surface area contributed by atoms with Crippen molar-refractivity contribution in [2.45, 2.75) is 30.8 Å². The Hall–Kier alpha value is -0.420. The topological polar surface area (TPSA) is 58.9 Å². The van der Waals surface area contributed by atoms with Crippen LogP contribution in [-0.4, -0.2) is 41.4 Å². The molecule has 1 heterocycles. The molecule has 4 heteroatoms. The van der Waals surface area contributed by atoms with E-state index in [0.717, 1.165) is 0 Å². The van der Waals surface area contributed by atoms with Gasteiger partial charge in [0.05, 0.1) is 19.3 Å². The number of ether oxygens (including phenoxy) is 2. The van der Waals surface area contributed by atoms with Crippen LogP contribution in [-0.2, 0) is 9.47 Å². The minimum Gasteiger partial charge on any atom is -0.390 e. The number of rotatable bonds is 0. The fourth-order valence-corrected chi connectivity index (χ4v) is 1.90. The third kappa shape index (κ3) is 1.30. The molecule has 2 rings (SSSR count). The molecule has 0 aromatic heterocycles. The van der Waals surface area contributed by atoms with E-state index in [1.165, 1.54) is 0 Å². The molecule has 2 unspecified atom stereocenters. The lowest BCUT2D eigenvalue weighted by molar-refractivity contribution is -0.169. The van der Waals surface area contributed by atoms with Crippen LogP contribution in [0.25, 0.3) is 0 Å². The molecule has 1 saturated carbocycles. The van der Waals surface area contributed by atoms with Gasteiger partial charge >= 0.3 is 0 Å². The smallest absolute Gasteiger partial charge is 0.193 e. The molecule has 13 heavy (non-hydrogen) atoms. The van der Waals surface area contributed by atoms with Crippen molar-refractivity contribution >= 4 is 0 Å². The van der Waals surface area contributed by atoms with Crippen LogP contribution in [0.4, 0.5) is 0 Å². The predicted molar refractivity (Wildman–Crippen MR) is 45.0 cm³/mol. The Morgan fingerprint density at radius 2 is 1.92 bits per heavy atom. The van der Waals surface area contributed by atoms with Crippen LogP contribution in [0.2, 0.25) is 0 Å². The maximum atomic E-state index is 9.56. The van der Waals surface area contributed by atoms with Crippen molar-refractivity contribution in [3.8, 4) is 0 Å². The number of aliphatic hydroxyl groups excluding tert-OH is 2. The molecule has 1 saturated heterocycles. The maximum absolute atomic E-state index is 9.56. The van der Waals surface area contributed by atoms with Crippen molar-refractivity contribution in [3.05, 3.63) is 12.2 Å². The van der Waals surface area contributed by atoms with Gasteiger partial charge in [-0.05, 0) is 6.42 Å². The zero-order chi connectivity index (χ0) is 9.47. The third-order valence-electron chi connectivity index (χ3n) is 2.73. The van der Waals surface area contributed by atoms with Gasteiger partial charge in [0.25, 0.3) is 0 Å². The Balaban J connectivity index is 2.18. The van der Waals surface area contributed by atoms with Gasteiger partial charge in [-0.3, -0.25) is 0 Å². The van der Waals surface area contributed by atoms with Crippen molar-refractivity contribution < 1.29 is 19.7 Å². The second-order valence-electron chi connectivity index (χ2n) is 3.53. The molecule has 0 bridgehead atoms. The Morgan fingerprint density at radius 3 is 2.54 bits per heavy atom. The minimum atomic E-state index is -0.924. The van der Waals surface area contributed by atoms with Gasteiger partial charge in [0, 0.05) is 12.0 Å². The van der Waals surface area contributed by atoms with Crippen molar-refractivity contribution in [2.24, 2.45) is 0 Å². The van der Waals surface area contributed by atoms with E-state index in [-0.39, 0.29) is 0 Å². The van der Waals surface area contributed by atoms with Crippen molar-refractivity contribution in [3.63, 3.8) is 0 Å². The maximum Gasteiger partial charge on any atom is 0.193 e. The van der Waals surface area contributed by atoms with Crippen LogP contribution in [0.5, 0.6) is 0 Å². The summed E-state index contributed by atoms with van der Waals surface area (Å²) in [6.45, 7) is 4.78. The number of aliphatic hydroxyl groups is 2. The normalized spacial score (nSPS) is 38.5. The second-order valence-corrected chi connectivity index (χ2v) is 3.53. The minimum absolute atomic E-state index is 0.448. The van der Waals surface area contributed by atoms with Crippen molar-refractivity contribution in [1.82, 2.24) is 0 Å². The zero-order valence-electron chi connectivity index (χ0n) is 7.40. The summed E-state index contributed by atoms with van der Waals surface area (Å²) in [5.41, 5.74) is 0.448. The van der Waals surface area contributed by atoms with E-state index >= 15 is 0 Å². The molecule has 0 amide bonds. The summed E-state index contributed by atoms with van der Waals surface area (Å²) in [6.07, 6.45) is -0.595. The SMILES string of the molecule is C=C1C(O)C(O)CCC12OCCO2. The van der Waals surface area contributed by atoms with E-state index < -0.39 is 18.0 Å². The van der Waals surface area contributed by atoms with E-state index in [1.807, 2.05) is 0 Å².